The number of benzene rings is 2. The van der Waals surface area contributed by atoms with E-state index < -0.39 is 139 Å². The van der Waals surface area contributed by atoms with E-state index in [1.54, 1.807) is 0 Å². The summed E-state index contributed by atoms with van der Waals surface area (Å²) >= 11 is 6.59. The number of alkyl halides is 8. The van der Waals surface area contributed by atoms with Gasteiger partial charge in [-0.15, -0.1) is 0 Å². The van der Waals surface area contributed by atoms with Gasteiger partial charge in [-0.25, -0.2) is 29.9 Å². The highest BCUT2D eigenvalue weighted by atomic mass is 35.5. The Balaban J connectivity index is 1.45. The third kappa shape index (κ3) is 9.96. The maximum absolute atomic E-state index is 15.5. The van der Waals surface area contributed by atoms with E-state index in [9.17, 15) is 61.9 Å². The van der Waals surface area contributed by atoms with Crippen LogP contribution in [0.1, 0.15) is 72.6 Å². The van der Waals surface area contributed by atoms with Crippen molar-refractivity contribution in [2.45, 2.75) is 87.6 Å². The first-order valence-electron chi connectivity index (χ1n) is 20.2. The fourth-order valence-electron chi connectivity index (χ4n) is 8.37. The number of amides is 1. The number of sulfone groups is 1. The van der Waals surface area contributed by atoms with Crippen LogP contribution in [0.15, 0.2) is 42.5 Å². The number of halogens is 11. The van der Waals surface area contributed by atoms with Gasteiger partial charge in [0.25, 0.3) is 5.92 Å². The van der Waals surface area contributed by atoms with E-state index >= 15 is 8.78 Å². The molecule has 2 aliphatic carbocycles. The molecule has 26 heteroatoms. The van der Waals surface area contributed by atoms with Crippen LogP contribution in [0.5, 0.6) is 0 Å². The first-order chi connectivity index (χ1) is 30.8. The van der Waals surface area contributed by atoms with Crippen LogP contribution in [-0.2, 0) is 62.7 Å². The molecule has 1 amide bonds. The molecule has 1 saturated carbocycles. The van der Waals surface area contributed by atoms with Gasteiger partial charge in [0.15, 0.2) is 21.3 Å². The summed E-state index contributed by atoms with van der Waals surface area (Å²) in [7, 11) is -8.07. The van der Waals surface area contributed by atoms with Gasteiger partial charge in [-0.05, 0) is 75.3 Å². The van der Waals surface area contributed by atoms with Gasteiger partial charge in [-0.1, -0.05) is 23.7 Å². The monoisotopic (exact) mass is 1020 g/mol. The number of aromatic nitrogens is 5. The standard InChI is InChI=1S/C41H40ClF10N7O6S2/c1-38(2,66(3,62)63)10-9-23-5-6-24(25-7-8-28(42)32-34(25)58(19-39(45,46)47)56-37(32)59(11-12-60)67(4,64)65)33(53-23)29(15-20-13-21(43)16-22(44)14-20)54-30(61)18-57-36-31(35(55-57)41(50,51)52)26-17-27(26)40(36,48)49/h5-8,13-14,16,26-27,29,60H,9-12,15,17-19H2,1-4H3,(H,54,61)/t26-,27?,29-/m0/s1. The highest BCUT2D eigenvalue weighted by Gasteiger charge is 2.68. The number of nitrogens with one attached hydrogen (secondary N) is 1. The Bertz CT molecular complexity index is 2990. The fraction of sp³-hybridized carbons (Fsp3) is 0.463. The number of carbonyl (C=O) groups excluding carboxylic acids is 1. The van der Waals surface area contributed by atoms with Crippen molar-refractivity contribution in [3.8, 4) is 11.1 Å². The Labute approximate surface area is 381 Å². The van der Waals surface area contributed by atoms with Crippen molar-refractivity contribution >= 4 is 54.1 Å². The largest absolute Gasteiger partial charge is 0.435 e. The molecule has 3 aromatic heterocycles. The molecule has 1 fully saturated rings. The van der Waals surface area contributed by atoms with Gasteiger partial charge in [0, 0.05) is 40.6 Å². The molecule has 3 atom stereocenters. The summed E-state index contributed by atoms with van der Waals surface area (Å²) in [5.74, 6) is -10.5. The molecule has 0 saturated heterocycles. The topological polar surface area (TPSA) is 169 Å². The predicted octanol–water partition coefficient (Wildman–Crippen LogP) is 7.63. The molecule has 7 rings (SSSR count). The molecule has 5 aromatic rings. The van der Waals surface area contributed by atoms with E-state index in [1.165, 1.54) is 38.1 Å². The van der Waals surface area contributed by atoms with Crippen molar-refractivity contribution in [3.05, 3.63) is 93.0 Å². The molecule has 2 aromatic carbocycles. The zero-order valence-corrected chi connectivity index (χ0v) is 38.0. The smallest absolute Gasteiger partial charge is 0.394 e. The number of anilines is 1. The third-order valence-corrected chi connectivity index (χ3v) is 15.6. The van der Waals surface area contributed by atoms with Gasteiger partial charge in [-0.2, -0.15) is 45.3 Å². The van der Waals surface area contributed by atoms with Gasteiger partial charge in [0.05, 0.1) is 51.8 Å². The summed E-state index contributed by atoms with van der Waals surface area (Å²) in [5, 5.41) is 19.0. The number of nitrogens with zero attached hydrogens (tertiary/aromatic N) is 6. The highest BCUT2D eigenvalue weighted by molar-refractivity contribution is 7.92. The van der Waals surface area contributed by atoms with Crippen LogP contribution in [0.2, 0.25) is 5.02 Å². The maximum atomic E-state index is 15.5. The minimum Gasteiger partial charge on any atom is -0.394 e. The molecule has 1 unspecified atom stereocenters. The van der Waals surface area contributed by atoms with Crippen LogP contribution in [0, 0.1) is 17.6 Å². The molecule has 13 nitrogen and oxygen atoms in total. The van der Waals surface area contributed by atoms with Gasteiger partial charge in [0.1, 0.15) is 30.4 Å². The van der Waals surface area contributed by atoms with E-state index in [0.29, 0.717) is 21.3 Å². The molecule has 2 N–H and O–H groups in total. The second-order valence-corrected chi connectivity index (χ2v) is 22.1. The number of hydrogen-bond acceptors (Lipinski definition) is 9. The van der Waals surface area contributed by atoms with Crippen LogP contribution in [-0.4, -0.2) is 89.0 Å². The van der Waals surface area contributed by atoms with Crippen LogP contribution in [0.3, 0.4) is 0 Å². The molecule has 0 radical (unpaired) electrons. The number of rotatable bonds is 16. The van der Waals surface area contributed by atoms with Crippen molar-refractivity contribution in [1.29, 1.82) is 0 Å². The van der Waals surface area contributed by atoms with Gasteiger partial charge >= 0.3 is 12.4 Å². The number of aryl methyl sites for hydroxylation is 1. The minimum absolute atomic E-state index is 0.0784. The third-order valence-electron chi connectivity index (χ3n) is 11.9. The highest BCUT2D eigenvalue weighted by Crippen LogP contribution is 2.68. The van der Waals surface area contributed by atoms with Gasteiger partial charge in [-0.3, -0.25) is 19.1 Å². The van der Waals surface area contributed by atoms with Crippen LogP contribution < -0.4 is 9.62 Å². The molecule has 0 aliphatic heterocycles. The second-order valence-electron chi connectivity index (χ2n) is 17.2. The van der Waals surface area contributed by atoms with Gasteiger partial charge in [0.2, 0.25) is 15.9 Å². The van der Waals surface area contributed by atoms with E-state index in [1.807, 2.05) is 0 Å². The zero-order valence-electron chi connectivity index (χ0n) is 35.6. The summed E-state index contributed by atoms with van der Waals surface area (Å²) in [4.78, 5) is 18.8. The van der Waals surface area contributed by atoms with Crippen molar-refractivity contribution in [1.82, 2.24) is 29.9 Å². The normalized spacial score (nSPS) is 17.7. The first kappa shape index (κ1) is 49.9. The first-order valence-corrected chi connectivity index (χ1v) is 24.3. The Kier molecular flexibility index (Phi) is 12.8. The number of carbonyl (C=O) groups is 1. The van der Waals surface area contributed by atoms with E-state index in [-0.39, 0.29) is 62.4 Å². The molecule has 67 heavy (non-hydrogen) atoms. The Morgan fingerprint density at radius 2 is 1.61 bits per heavy atom. The fourth-order valence-corrected chi connectivity index (χ4v) is 9.94. The average molecular weight is 1020 g/mol. The Hall–Kier alpha value is -5.01. The quantitative estimate of drug-likeness (QED) is 0.0945. The number of aliphatic hydroxyl groups excluding tert-OH is 1. The molecule has 0 bridgehead atoms. The van der Waals surface area contributed by atoms with Crippen LogP contribution in [0.4, 0.5) is 49.7 Å². The molecular formula is C41H40ClF10N7O6S2. The summed E-state index contributed by atoms with van der Waals surface area (Å²) < 4.78 is 197. The molecule has 2 aliphatic rings. The molecule has 0 spiro atoms. The lowest BCUT2D eigenvalue weighted by Crippen LogP contribution is -2.35. The van der Waals surface area contributed by atoms with Crippen LogP contribution in [0.25, 0.3) is 22.0 Å². The Morgan fingerprint density at radius 3 is 2.19 bits per heavy atom. The van der Waals surface area contributed by atoms with E-state index in [4.69, 9.17) is 16.6 Å². The number of aliphatic hydroxyl groups is 1. The predicted molar refractivity (Wildman–Crippen MR) is 223 cm³/mol. The second kappa shape index (κ2) is 17.2. The minimum atomic E-state index is -5.19. The molecular weight excluding hydrogens is 976 g/mol. The lowest BCUT2D eigenvalue weighted by molar-refractivity contribution is -0.143. The number of sulfonamides is 1. The maximum Gasteiger partial charge on any atom is 0.435 e. The summed E-state index contributed by atoms with van der Waals surface area (Å²) in [6.45, 7) is -1.73. The number of hydrogen-bond donors (Lipinski definition) is 2. The number of fused-ring (bicyclic) bond motifs is 4. The van der Waals surface area contributed by atoms with Crippen molar-refractivity contribution in [2.75, 3.05) is 30.0 Å². The van der Waals surface area contributed by atoms with E-state index in [0.717, 1.165) is 18.4 Å². The summed E-state index contributed by atoms with van der Waals surface area (Å²) in [5.41, 5.74) is -4.69. The van der Waals surface area contributed by atoms with Crippen molar-refractivity contribution < 1.29 is 70.6 Å². The average Bonchev–Trinajstić information content (AvgIpc) is 3.69. The molecule has 364 valence electrons. The molecule has 3 heterocycles. The van der Waals surface area contributed by atoms with Crippen molar-refractivity contribution in [2.24, 2.45) is 5.92 Å². The summed E-state index contributed by atoms with van der Waals surface area (Å²) in [6, 6.07) is 5.60. The van der Waals surface area contributed by atoms with Crippen molar-refractivity contribution in [3.63, 3.8) is 0 Å². The lowest BCUT2D eigenvalue weighted by atomic mass is 9.93. The number of pyridine rings is 1. The lowest BCUT2D eigenvalue weighted by Gasteiger charge is -2.25. The zero-order chi connectivity index (χ0) is 49.6. The van der Waals surface area contributed by atoms with E-state index in [2.05, 4.69) is 15.5 Å². The summed E-state index contributed by atoms with van der Waals surface area (Å²) in [6.07, 6.45) is -9.56. The van der Waals surface area contributed by atoms with Crippen LogP contribution >= 0.6 is 11.6 Å². The Morgan fingerprint density at radius 1 is 0.970 bits per heavy atom. The van der Waals surface area contributed by atoms with Gasteiger partial charge < -0.3 is 10.4 Å². The SMILES string of the molecule is CC(C)(CCc1ccc(-c2ccc(Cl)c3c(N(CCO)S(C)(=O)=O)nn(CC(F)(F)F)c23)c([C@H](Cc2cc(F)cc(F)c2)NC(=O)Cn2nc(C(F)(F)F)c3c2C(F)(F)C2C[C@H]32)n1)S(C)(=O)=O.